The Morgan fingerprint density at radius 2 is 1.77 bits per heavy atom. The predicted octanol–water partition coefficient (Wildman–Crippen LogP) is 0.352. The van der Waals surface area contributed by atoms with Crippen LogP contribution in [0.3, 0.4) is 0 Å². The smallest absolute Gasteiger partial charge is 0.235 e. The fourth-order valence-corrected chi connectivity index (χ4v) is 7.01. The first-order chi connectivity index (χ1) is 18.6. The van der Waals surface area contributed by atoms with Gasteiger partial charge in [0.25, 0.3) is 0 Å². The highest BCUT2D eigenvalue weighted by atomic mass is 16.5. The predicted molar refractivity (Wildman–Crippen MR) is 144 cm³/mol. The third kappa shape index (κ3) is 4.26. The quantitative estimate of drug-likeness (QED) is 0.398. The minimum atomic E-state index is -2.74. The van der Waals surface area contributed by atoms with Crippen molar-refractivity contribution in [1.82, 2.24) is 9.80 Å². The number of methoxy groups -OCH3 is 1. The third-order valence-electron chi connectivity index (χ3n) is 9.37. The maximum absolute atomic E-state index is 13.9. The van der Waals surface area contributed by atoms with Crippen molar-refractivity contribution in [1.29, 1.82) is 0 Å². The number of carbonyl (C=O) groups is 5. The molecule has 2 fully saturated rings. The molecule has 2 saturated carbocycles. The van der Waals surface area contributed by atoms with Crippen molar-refractivity contribution < 1.29 is 38.9 Å². The summed E-state index contributed by atoms with van der Waals surface area (Å²) in [5, 5.41) is 22.7. The van der Waals surface area contributed by atoms with E-state index in [0.29, 0.717) is 29.3 Å². The van der Waals surface area contributed by atoms with Gasteiger partial charge in [0, 0.05) is 29.6 Å². The van der Waals surface area contributed by atoms with Gasteiger partial charge in [-0.25, -0.2) is 0 Å². The van der Waals surface area contributed by atoms with Crippen LogP contribution in [0.5, 0.6) is 11.5 Å². The van der Waals surface area contributed by atoms with Crippen LogP contribution in [0.2, 0.25) is 0 Å². The van der Waals surface area contributed by atoms with Crippen molar-refractivity contribution in [3.05, 3.63) is 22.8 Å². The van der Waals surface area contributed by atoms with Gasteiger partial charge in [-0.2, -0.15) is 0 Å². The van der Waals surface area contributed by atoms with Gasteiger partial charge in [0.1, 0.15) is 11.5 Å². The van der Waals surface area contributed by atoms with Gasteiger partial charge in [-0.15, -0.1) is 0 Å². The molecule has 2 unspecified atom stereocenters. The first-order valence-corrected chi connectivity index (χ1v) is 13.6. The van der Waals surface area contributed by atoms with Crippen LogP contribution >= 0.6 is 0 Å². The first-order valence-electron chi connectivity index (χ1n) is 13.6. The van der Waals surface area contributed by atoms with Crippen LogP contribution in [0.1, 0.15) is 48.7 Å². The molecule has 1 aromatic rings. The number of hydrogen-bond donors (Lipinski definition) is 3. The van der Waals surface area contributed by atoms with Crippen molar-refractivity contribution in [3.63, 3.8) is 0 Å². The molecule has 0 spiro atoms. The van der Waals surface area contributed by atoms with Gasteiger partial charge in [-0.1, -0.05) is 13.8 Å². The Hall–Kier alpha value is -3.15. The molecular weight excluding hydrogens is 518 g/mol. The molecule has 40 heavy (non-hydrogen) atoms. The number of nitrogens with two attached hydrogens (primary N) is 1. The van der Waals surface area contributed by atoms with Gasteiger partial charge >= 0.3 is 0 Å². The number of phenols is 1. The Morgan fingerprint density at radius 3 is 2.30 bits per heavy atom. The van der Waals surface area contributed by atoms with Crippen LogP contribution in [0, 0.1) is 29.6 Å². The highest BCUT2D eigenvalue weighted by Gasteiger charge is 2.69. The molecule has 0 bridgehead atoms. The van der Waals surface area contributed by atoms with E-state index in [-0.39, 0.29) is 30.2 Å². The van der Waals surface area contributed by atoms with E-state index in [9.17, 15) is 34.2 Å². The van der Waals surface area contributed by atoms with Gasteiger partial charge in [-0.05, 0) is 58.8 Å². The van der Waals surface area contributed by atoms with Crippen LogP contribution in [-0.2, 0) is 32.1 Å². The maximum atomic E-state index is 13.9. The summed E-state index contributed by atoms with van der Waals surface area (Å²) in [6.45, 7) is 6.74. The highest BCUT2D eigenvalue weighted by molar-refractivity contribution is 6.32. The maximum Gasteiger partial charge on any atom is 0.235 e. The lowest BCUT2D eigenvalue weighted by molar-refractivity contribution is -0.181. The molecule has 4 rings (SSSR count). The fraction of sp³-hybridized carbons (Fsp3) is 0.621. The molecule has 0 radical (unpaired) electrons. The summed E-state index contributed by atoms with van der Waals surface area (Å²) >= 11 is 0. The normalized spacial score (nSPS) is 30.8. The zero-order valence-corrected chi connectivity index (χ0v) is 24.1. The van der Waals surface area contributed by atoms with Crippen molar-refractivity contribution in [2.75, 3.05) is 28.3 Å². The summed E-state index contributed by atoms with van der Waals surface area (Å²) in [6, 6.07) is 0.533. The van der Waals surface area contributed by atoms with E-state index in [1.165, 1.54) is 18.1 Å². The number of hydrogen-bond acceptors (Lipinski definition) is 10. The average molecular weight is 558 g/mol. The molecule has 0 aromatic heterocycles. The topological polar surface area (TPSA) is 168 Å². The first kappa shape index (κ1) is 29.8. The van der Waals surface area contributed by atoms with Crippen molar-refractivity contribution >= 4 is 29.0 Å². The number of aliphatic hydroxyl groups is 1. The van der Waals surface area contributed by atoms with Crippen molar-refractivity contribution in [2.45, 2.75) is 57.8 Å². The zero-order chi connectivity index (χ0) is 30.0. The second-order valence-electron chi connectivity index (χ2n) is 12.1. The van der Waals surface area contributed by atoms with E-state index in [1.54, 1.807) is 14.1 Å². The molecule has 0 aliphatic heterocycles. The lowest BCUT2D eigenvalue weighted by Crippen LogP contribution is -2.74. The molecular formula is C29H39N3O8. The van der Waals surface area contributed by atoms with Crippen LogP contribution in [0.15, 0.2) is 6.07 Å². The fourth-order valence-electron chi connectivity index (χ4n) is 7.01. The number of phenolic OH excluding ortho intramolecular Hbond substituents is 1. The number of fused-ring (bicyclic) bond motifs is 3. The molecule has 3 aliphatic carbocycles. The van der Waals surface area contributed by atoms with Crippen molar-refractivity contribution in [2.24, 2.45) is 35.3 Å². The van der Waals surface area contributed by atoms with E-state index in [1.807, 2.05) is 7.05 Å². The molecule has 0 saturated heterocycles. The van der Waals surface area contributed by atoms with Gasteiger partial charge < -0.3 is 20.7 Å². The molecule has 1 amide bonds. The lowest BCUT2D eigenvalue weighted by Gasteiger charge is -2.52. The molecule has 218 valence electrons. The number of rotatable bonds is 7. The van der Waals surface area contributed by atoms with E-state index in [2.05, 4.69) is 25.7 Å². The largest absolute Gasteiger partial charge is 0.507 e. The molecule has 7 atom stereocenters. The Balaban J connectivity index is 1.82. The van der Waals surface area contributed by atoms with Crippen LogP contribution in [0.4, 0.5) is 0 Å². The molecule has 1 aromatic carbocycles. The average Bonchev–Trinajstić information content (AvgIpc) is 2.85. The Bertz CT molecular complexity index is 1290. The number of Topliss-reactive ketones (excluding diaryl/α,β-unsaturated/α-hetero) is 4. The van der Waals surface area contributed by atoms with E-state index in [4.69, 9.17) is 10.5 Å². The van der Waals surface area contributed by atoms with Gasteiger partial charge in [0.2, 0.25) is 5.91 Å². The summed E-state index contributed by atoms with van der Waals surface area (Å²) in [6.07, 6.45) is 0.141. The van der Waals surface area contributed by atoms with E-state index in [0.717, 1.165) is 0 Å². The summed E-state index contributed by atoms with van der Waals surface area (Å²) in [4.78, 5) is 70.0. The Kier molecular flexibility index (Phi) is 7.72. The summed E-state index contributed by atoms with van der Waals surface area (Å²) < 4.78 is 5.76. The number of benzene rings is 1. The Morgan fingerprint density at radius 1 is 1.15 bits per heavy atom. The monoisotopic (exact) mass is 557 g/mol. The minimum absolute atomic E-state index is 0.0116. The summed E-state index contributed by atoms with van der Waals surface area (Å²) in [5.41, 5.74) is 3.67. The number of aromatic hydroxyl groups is 1. The van der Waals surface area contributed by atoms with E-state index >= 15 is 0 Å². The molecule has 4 N–H and O–H groups in total. The Labute approximate surface area is 233 Å². The van der Waals surface area contributed by atoms with Crippen molar-refractivity contribution in [3.8, 4) is 11.5 Å². The highest BCUT2D eigenvalue weighted by Crippen LogP contribution is 2.52. The number of primary amides is 1. The molecule has 11 heteroatoms. The summed E-state index contributed by atoms with van der Waals surface area (Å²) in [5.74, 6) is -9.88. The number of ether oxygens (including phenoxy) is 1. The number of ketones is 4. The number of likely N-dealkylation sites (N-methyl/N-ethyl adjacent to an activating group) is 1. The van der Waals surface area contributed by atoms with Gasteiger partial charge in [-0.3, -0.25) is 33.8 Å². The van der Waals surface area contributed by atoms with Gasteiger partial charge in [0.15, 0.2) is 34.7 Å². The lowest BCUT2D eigenvalue weighted by atomic mass is 9.52. The second-order valence-corrected chi connectivity index (χ2v) is 12.1. The SMILES string of the molecule is COc1c(CN(C)[C@@H](C)C(C)C)cc(O)c2c1C[C@H]1C[C@H]3[C@H](N(C)C)C(=O)C(C(N)=O)C(=O)[C@@]3(O)C(=O)C1C2=O. The molecule has 11 nitrogen and oxygen atoms in total. The van der Waals surface area contributed by atoms with Crippen LogP contribution in [-0.4, -0.2) is 95.0 Å². The second kappa shape index (κ2) is 10.4. The van der Waals surface area contributed by atoms with Gasteiger partial charge in [0.05, 0.1) is 24.6 Å². The molecule has 3 aliphatic rings. The summed E-state index contributed by atoms with van der Waals surface area (Å²) in [7, 11) is 6.54. The van der Waals surface area contributed by atoms with Crippen LogP contribution < -0.4 is 10.5 Å². The molecule has 0 heterocycles. The zero-order valence-electron chi connectivity index (χ0n) is 24.1. The third-order valence-corrected chi connectivity index (χ3v) is 9.37. The van der Waals surface area contributed by atoms with E-state index < -0.39 is 64.4 Å². The number of amides is 1. The van der Waals surface area contributed by atoms with Crippen LogP contribution in [0.25, 0.3) is 0 Å². The minimum Gasteiger partial charge on any atom is -0.507 e. The number of nitrogens with zero attached hydrogens (tertiary/aromatic N) is 2. The standard InChI is InChI=1S/C29H39N3O8/c1-12(2)13(3)32(6)11-15-10-18(33)20-16(25(15)40-7)8-14-9-17-22(31(4)5)24(35)21(28(30)38)27(37)29(17,39)26(36)19(14)23(20)34/h10,12-14,17,19,21-22,33,39H,8-9,11H2,1-7H3,(H2,30,38)/t13-,14-,17-,19?,21?,22-,29-/m0/s1. The number of carbonyl (C=O) groups excluding carboxylic acids is 5.